The minimum absolute atomic E-state index is 0.212. The molecule has 0 fully saturated rings. The monoisotopic (exact) mass is 386 g/mol. The first-order valence-electron chi connectivity index (χ1n) is 8.03. The standard InChI is InChI=1S/C18H18N4O4S/c1-11(16(23)20-13-7-14(24-2)9-15(8-13)25-3)27-18-22-21-17(26-18)12-5-4-6-19-10-12/h4-11H,1-3H3,(H,20,23). The lowest BCUT2D eigenvalue weighted by molar-refractivity contribution is -0.115. The Morgan fingerprint density at radius 1 is 1.19 bits per heavy atom. The summed E-state index contributed by atoms with van der Waals surface area (Å²) in [5, 5.41) is 10.6. The van der Waals surface area contributed by atoms with Gasteiger partial charge in [0.2, 0.25) is 11.8 Å². The molecule has 1 aromatic carbocycles. The number of benzene rings is 1. The van der Waals surface area contributed by atoms with Crippen LogP contribution < -0.4 is 14.8 Å². The average molecular weight is 386 g/mol. The van der Waals surface area contributed by atoms with Crippen molar-refractivity contribution < 1.29 is 18.7 Å². The van der Waals surface area contributed by atoms with Gasteiger partial charge in [-0.1, -0.05) is 11.8 Å². The van der Waals surface area contributed by atoms with Crippen molar-refractivity contribution in [1.29, 1.82) is 0 Å². The number of amides is 1. The Morgan fingerprint density at radius 3 is 2.56 bits per heavy atom. The van der Waals surface area contributed by atoms with Crippen molar-refractivity contribution >= 4 is 23.4 Å². The Bertz CT molecular complexity index is 894. The molecule has 0 aliphatic carbocycles. The first-order chi connectivity index (χ1) is 13.1. The number of pyridine rings is 1. The average Bonchev–Trinajstić information content (AvgIpc) is 3.16. The zero-order valence-electron chi connectivity index (χ0n) is 15.0. The highest BCUT2D eigenvalue weighted by Crippen LogP contribution is 2.28. The van der Waals surface area contributed by atoms with E-state index in [4.69, 9.17) is 13.9 Å². The molecular weight excluding hydrogens is 368 g/mol. The second-order valence-corrected chi connectivity index (χ2v) is 6.76. The van der Waals surface area contributed by atoms with E-state index in [0.717, 1.165) is 5.56 Å². The Balaban J connectivity index is 1.65. The van der Waals surface area contributed by atoms with Crippen LogP contribution in [0.5, 0.6) is 11.5 Å². The Labute approximate surface area is 160 Å². The lowest BCUT2D eigenvalue weighted by Gasteiger charge is -2.12. The third-order valence-electron chi connectivity index (χ3n) is 3.58. The number of hydrogen-bond acceptors (Lipinski definition) is 8. The van der Waals surface area contributed by atoms with Crippen LogP contribution in [0.4, 0.5) is 5.69 Å². The molecule has 3 aromatic rings. The van der Waals surface area contributed by atoms with E-state index in [1.54, 1.807) is 57.8 Å². The topological polar surface area (TPSA) is 99.4 Å². The Hall–Kier alpha value is -3.07. The number of thioether (sulfide) groups is 1. The van der Waals surface area contributed by atoms with Gasteiger partial charge in [-0.25, -0.2) is 0 Å². The van der Waals surface area contributed by atoms with Crippen LogP contribution in [0.3, 0.4) is 0 Å². The summed E-state index contributed by atoms with van der Waals surface area (Å²) >= 11 is 1.17. The highest BCUT2D eigenvalue weighted by atomic mass is 32.2. The zero-order valence-corrected chi connectivity index (χ0v) is 15.8. The summed E-state index contributed by atoms with van der Waals surface area (Å²) < 4.78 is 16.0. The smallest absolute Gasteiger partial charge is 0.277 e. The summed E-state index contributed by atoms with van der Waals surface area (Å²) in [7, 11) is 3.10. The van der Waals surface area contributed by atoms with Crippen molar-refractivity contribution in [2.75, 3.05) is 19.5 Å². The van der Waals surface area contributed by atoms with Gasteiger partial charge in [0.15, 0.2) is 0 Å². The summed E-state index contributed by atoms with van der Waals surface area (Å²) in [5.41, 5.74) is 1.29. The van der Waals surface area contributed by atoms with Gasteiger partial charge in [-0.15, -0.1) is 10.2 Å². The van der Waals surface area contributed by atoms with Crippen LogP contribution in [0.15, 0.2) is 52.4 Å². The van der Waals surface area contributed by atoms with Crippen LogP contribution >= 0.6 is 11.8 Å². The van der Waals surface area contributed by atoms with Crippen LogP contribution in [-0.2, 0) is 4.79 Å². The van der Waals surface area contributed by atoms with Gasteiger partial charge in [0, 0.05) is 36.3 Å². The van der Waals surface area contributed by atoms with Crippen molar-refractivity contribution in [3.63, 3.8) is 0 Å². The largest absolute Gasteiger partial charge is 0.497 e. The first-order valence-corrected chi connectivity index (χ1v) is 8.91. The minimum Gasteiger partial charge on any atom is -0.497 e. The fourth-order valence-corrected chi connectivity index (χ4v) is 2.87. The molecule has 0 bridgehead atoms. The molecule has 0 radical (unpaired) electrons. The van der Waals surface area contributed by atoms with Gasteiger partial charge < -0.3 is 19.2 Å². The van der Waals surface area contributed by atoms with Crippen LogP contribution in [0.25, 0.3) is 11.5 Å². The predicted molar refractivity (Wildman–Crippen MR) is 101 cm³/mol. The maximum absolute atomic E-state index is 12.5. The number of carbonyl (C=O) groups excluding carboxylic acids is 1. The number of hydrogen-bond donors (Lipinski definition) is 1. The van der Waals surface area contributed by atoms with Gasteiger partial charge in [-0.05, 0) is 19.1 Å². The maximum atomic E-state index is 12.5. The lowest BCUT2D eigenvalue weighted by atomic mass is 10.2. The maximum Gasteiger partial charge on any atom is 0.277 e. The van der Waals surface area contributed by atoms with Crippen LogP contribution in [0.1, 0.15) is 6.92 Å². The molecule has 1 amide bonds. The van der Waals surface area contributed by atoms with E-state index < -0.39 is 5.25 Å². The Kier molecular flexibility index (Phi) is 5.92. The summed E-state index contributed by atoms with van der Waals surface area (Å²) in [4.78, 5) is 16.5. The highest BCUT2D eigenvalue weighted by molar-refractivity contribution is 8.00. The van der Waals surface area contributed by atoms with E-state index in [2.05, 4.69) is 20.5 Å². The van der Waals surface area contributed by atoms with Gasteiger partial charge in [-0.2, -0.15) is 0 Å². The molecule has 0 spiro atoms. The van der Waals surface area contributed by atoms with E-state index in [9.17, 15) is 4.79 Å². The summed E-state index contributed by atoms with van der Waals surface area (Å²) in [6.07, 6.45) is 3.30. The molecule has 2 aromatic heterocycles. The predicted octanol–water partition coefficient (Wildman–Crippen LogP) is 3.27. The number of anilines is 1. The molecule has 1 N–H and O–H groups in total. The summed E-state index contributed by atoms with van der Waals surface area (Å²) in [6, 6.07) is 8.76. The minimum atomic E-state index is -0.454. The van der Waals surface area contributed by atoms with Crippen molar-refractivity contribution in [2.24, 2.45) is 0 Å². The molecule has 0 aliphatic rings. The van der Waals surface area contributed by atoms with Crippen molar-refractivity contribution in [3.05, 3.63) is 42.7 Å². The van der Waals surface area contributed by atoms with Crippen LogP contribution in [0.2, 0.25) is 0 Å². The van der Waals surface area contributed by atoms with Gasteiger partial charge in [0.1, 0.15) is 11.5 Å². The quantitative estimate of drug-likeness (QED) is 0.618. The Morgan fingerprint density at radius 2 is 1.93 bits per heavy atom. The van der Waals surface area contributed by atoms with E-state index in [1.807, 2.05) is 6.07 Å². The zero-order chi connectivity index (χ0) is 19.2. The van der Waals surface area contributed by atoms with Gasteiger partial charge in [0.05, 0.1) is 25.0 Å². The number of carbonyl (C=O) groups is 1. The van der Waals surface area contributed by atoms with Crippen LogP contribution in [0, 0.1) is 0 Å². The van der Waals surface area contributed by atoms with E-state index in [1.165, 1.54) is 11.8 Å². The number of nitrogens with zero attached hydrogens (tertiary/aromatic N) is 3. The van der Waals surface area contributed by atoms with Crippen LogP contribution in [-0.4, -0.2) is 40.6 Å². The summed E-state index contributed by atoms with van der Waals surface area (Å²) in [5.74, 6) is 1.32. The van der Waals surface area contributed by atoms with Crippen molar-refractivity contribution in [1.82, 2.24) is 15.2 Å². The molecule has 9 heteroatoms. The van der Waals surface area contributed by atoms with E-state index in [-0.39, 0.29) is 5.91 Å². The molecule has 3 rings (SSSR count). The first kappa shape index (κ1) is 18.7. The molecule has 140 valence electrons. The second kappa shape index (κ2) is 8.54. The number of rotatable bonds is 7. The fourth-order valence-electron chi connectivity index (χ4n) is 2.19. The third-order valence-corrected chi connectivity index (χ3v) is 4.51. The highest BCUT2D eigenvalue weighted by Gasteiger charge is 2.19. The molecule has 2 heterocycles. The molecule has 0 saturated carbocycles. The molecule has 27 heavy (non-hydrogen) atoms. The summed E-state index contributed by atoms with van der Waals surface area (Å²) in [6.45, 7) is 1.76. The molecule has 0 saturated heterocycles. The molecule has 0 aliphatic heterocycles. The molecule has 1 unspecified atom stereocenters. The second-order valence-electron chi connectivity index (χ2n) is 5.47. The number of aromatic nitrogens is 3. The van der Waals surface area contributed by atoms with Gasteiger partial charge in [0.25, 0.3) is 5.22 Å². The van der Waals surface area contributed by atoms with Gasteiger partial charge in [-0.3, -0.25) is 9.78 Å². The molecule has 1 atom stereocenters. The van der Waals surface area contributed by atoms with Crippen molar-refractivity contribution in [3.8, 4) is 23.0 Å². The SMILES string of the molecule is COc1cc(NC(=O)C(C)Sc2nnc(-c3cccnc3)o2)cc(OC)c1. The molecule has 8 nitrogen and oxygen atoms in total. The lowest BCUT2D eigenvalue weighted by Crippen LogP contribution is -2.22. The van der Waals surface area contributed by atoms with E-state index >= 15 is 0 Å². The molecular formula is C18H18N4O4S. The number of methoxy groups -OCH3 is 2. The van der Waals surface area contributed by atoms with Gasteiger partial charge >= 0.3 is 0 Å². The van der Waals surface area contributed by atoms with Crippen molar-refractivity contribution in [2.45, 2.75) is 17.4 Å². The number of nitrogens with one attached hydrogen (secondary N) is 1. The fraction of sp³-hybridized carbons (Fsp3) is 0.222. The number of ether oxygens (including phenoxy) is 2. The normalized spacial score (nSPS) is 11.7. The third kappa shape index (κ3) is 4.76. The van der Waals surface area contributed by atoms with E-state index in [0.29, 0.717) is 28.3 Å².